The van der Waals surface area contributed by atoms with Crippen molar-refractivity contribution in [2.24, 2.45) is 0 Å². The van der Waals surface area contributed by atoms with Crippen LogP contribution >= 0.6 is 0 Å². The molecule has 0 radical (unpaired) electrons. The standard InChI is InChI=1S/C19H29N3O3/c1-13(2)21(14(3)4)11-10-20-18(23)12-22-16-8-6-7-9-17(16)25-15(5)19(22)24/h6-9,13-15H,10-12H2,1-5H3,(H,20,23). The number of carbonyl (C=O) groups is 2. The smallest absolute Gasteiger partial charge is 0.268 e. The predicted molar refractivity (Wildman–Crippen MR) is 98.9 cm³/mol. The van der Waals surface area contributed by atoms with E-state index in [4.69, 9.17) is 4.74 Å². The van der Waals surface area contributed by atoms with E-state index in [1.165, 1.54) is 4.90 Å². The third kappa shape index (κ3) is 4.72. The molecule has 0 fully saturated rings. The fourth-order valence-corrected chi connectivity index (χ4v) is 3.16. The fourth-order valence-electron chi connectivity index (χ4n) is 3.16. The van der Waals surface area contributed by atoms with Crippen LogP contribution in [0.5, 0.6) is 5.75 Å². The van der Waals surface area contributed by atoms with Gasteiger partial charge in [-0.25, -0.2) is 0 Å². The summed E-state index contributed by atoms with van der Waals surface area (Å²) in [5, 5.41) is 2.92. The molecule has 0 aromatic heterocycles. The van der Waals surface area contributed by atoms with Crippen LogP contribution in [0.1, 0.15) is 34.6 Å². The van der Waals surface area contributed by atoms with Gasteiger partial charge in [-0.1, -0.05) is 12.1 Å². The van der Waals surface area contributed by atoms with E-state index in [2.05, 4.69) is 37.9 Å². The molecule has 2 amide bonds. The summed E-state index contributed by atoms with van der Waals surface area (Å²) in [4.78, 5) is 28.5. The van der Waals surface area contributed by atoms with Gasteiger partial charge in [0, 0.05) is 25.2 Å². The van der Waals surface area contributed by atoms with E-state index in [0.717, 1.165) is 6.54 Å². The lowest BCUT2D eigenvalue weighted by Gasteiger charge is -2.33. The van der Waals surface area contributed by atoms with E-state index in [9.17, 15) is 9.59 Å². The molecule has 1 aromatic carbocycles. The summed E-state index contributed by atoms with van der Waals surface area (Å²) in [6.45, 7) is 11.6. The van der Waals surface area contributed by atoms with E-state index in [0.29, 0.717) is 30.1 Å². The molecule has 0 spiro atoms. The first-order valence-electron chi connectivity index (χ1n) is 8.90. The van der Waals surface area contributed by atoms with Gasteiger partial charge in [-0.3, -0.25) is 19.4 Å². The van der Waals surface area contributed by atoms with E-state index in [1.54, 1.807) is 13.0 Å². The topological polar surface area (TPSA) is 61.9 Å². The van der Waals surface area contributed by atoms with E-state index in [1.807, 2.05) is 18.2 Å². The van der Waals surface area contributed by atoms with Crippen molar-refractivity contribution in [2.75, 3.05) is 24.5 Å². The number of fused-ring (bicyclic) bond motifs is 1. The molecule has 1 aliphatic rings. The van der Waals surface area contributed by atoms with Gasteiger partial charge in [-0.05, 0) is 46.8 Å². The van der Waals surface area contributed by atoms with Gasteiger partial charge >= 0.3 is 0 Å². The number of carbonyl (C=O) groups excluding carboxylic acids is 2. The van der Waals surface area contributed by atoms with Gasteiger partial charge in [0.25, 0.3) is 5.91 Å². The third-order valence-electron chi connectivity index (χ3n) is 4.39. The van der Waals surface area contributed by atoms with E-state index < -0.39 is 6.10 Å². The van der Waals surface area contributed by atoms with Gasteiger partial charge in [0.15, 0.2) is 6.10 Å². The van der Waals surface area contributed by atoms with Crippen LogP contribution in [-0.2, 0) is 9.59 Å². The van der Waals surface area contributed by atoms with Crippen LogP contribution in [0, 0.1) is 0 Å². The molecule has 6 nitrogen and oxygen atoms in total. The molecule has 1 aliphatic heterocycles. The number of hydrogen-bond donors (Lipinski definition) is 1. The molecule has 0 bridgehead atoms. The maximum absolute atomic E-state index is 12.4. The predicted octanol–water partition coefficient (Wildman–Crippen LogP) is 2.04. The Bertz CT molecular complexity index is 608. The molecule has 25 heavy (non-hydrogen) atoms. The number of nitrogens with one attached hydrogen (secondary N) is 1. The van der Waals surface area contributed by atoms with Crippen molar-refractivity contribution in [1.29, 1.82) is 0 Å². The van der Waals surface area contributed by atoms with Crippen molar-refractivity contribution < 1.29 is 14.3 Å². The number of ether oxygens (including phenoxy) is 1. The first kappa shape index (κ1) is 19.2. The fraction of sp³-hybridized carbons (Fsp3) is 0.579. The molecular weight excluding hydrogens is 318 g/mol. The molecule has 6 heteroatoms. The quantitative estimate of drug-likeness (QED) is 0.820. The number of nitrogens with zero attached hydrogens (tertiary/aromatic N) is 2. The maximum Gasteiger partial charge on any atom is 0.268 e. The molecule has 0 saturated carbocycles. The summed E-state index contributed by atoms with van der Waals surface area (Å²) in [5.41, 5.74) is 0.645. The number of rotatable bonds is 7. The number of para-hydroxylation sites is 2. The second-order valence-corrected chi connectivity index (χ2v) is 6.93. The summed E-state index contributed by atoms with van der Waals surface area (Å²) in [5.74, 6) is 0.276. The Morgan fingerprint density at radius 3 is 2.52 bits per heavy atom. The highest BCUT2D eigenvalue weighted by Gasteiger charge is 2.32. The van der Waals surface area contributed by atoms with Crippen LogP contribution < -0.4 is 15.0 Å². The van der Waals surface area contributed by atoms with Gasteiger partial charge < -0.3 is 10.1 Å². The van der Waals surface area contributed by atoms with Gasteiger partial charge in [0.2, 0.25) is 5.91 Å². The van der Waals surface area contributed by atoms with Gasteiger partial charge in [0.1, 0.15) is 12.3 Å². The van der Waals surface area contributed by atoms with Crippen molar-refractivity contribution in [3.63, 3.8) is 0 Å². The zero-order valence-corrected chi connectivity index (χ0v) is 15.8. The maximum atomic E-state index is 12.4. The Morgan fingerprint density at radius 1 is 1.24 bits per heavy atom. The molecule has 1 atom stereocenters. The van der Waals surface area contributed by atoms with E-state index in [-0.39, 0.29) is 18.4 Å². The van der Waals surface area contributed by atoms with Gasteiger partial charge in [-0.15, -0.1) is 0 Å². The molecule has 0 aliphatic carbocycles. The highest BCUT2D eigenvalue weighted by atomic mass is 16.5. The number of anilines is 1. The lowest BCUT2D eigenvalue weighted by atomic mass is 10.2. The lowest BCUT2D eigenvalue weighted by molar-refractivity contribution is -0.128. The van der Waals surface area contributed by atoms with Gasteiger partial charge in [0.05, 0.1) is 5.69 Å². The Hall–Kier alpha value is -2.08. The Morgan fingerprint density at radius 2 is 1.88 bits per heavy atom. The minimum absolute atomic E-state index is 0.00685. The second-order valence-electron chi connectivity index (χ2n) is 6.93. The van der Waals surface area contributed by atoms with Crippen molar-refractivity contribution in [2.45, 2.75) is 52.8 Å². The second kappa shape index (κ2) is 8.34. The van der Waals surface area contributed by atoms with Crippen LogP contribution in [0.4, 0.5) is 5.69 Å². The van der Waals surface area contributed by atoms with Crippen LogP contribution in [0.2, 0.25) is 0 Å². The molecule has 138 valence electrons. The summed E-state index contributed by atoms with van der Waals surface area (Å²) in [7, 11) is 0. The zero-order chi connectivity index (χ0) is 18.6. The molecule has 1 heterocycles. The van der Waals surface area contributed by atoms with Crippen LogP contribution in [-0.4, -0.2) is 54.5 Å². The molecule has 2 rings (SSSR count). The number of benzene rings is 1. The summed E-state index contributed by atoms with van der Waals surface area (Å²) in [6.07, 6.45) is -0.583. The van der Waals surface area contributed by atoms with Crippen molar-refractivity contribution in [3.8, 4) is 5.75 Å². The first-order chi connectivity index (χ1) is 11.8. The Kier molecular flexibility index (Phi) is 6.42. The normalized spacial score (nSPS) is 17.0. The highest BCUT2D eigenvalue weighted by molar-refractivity contribution is 6.03. The molecule has 1 aromatic rings. The first-order valence-corrected chi connectivity index (χ1v) is 8.90. The van der Waals surface area contributed by atoms with Crippen molar-refractivity contribution in [1.82, 2.24) is 10.2 Å². The monoisotopic (exact) mass is 347 g/mol. The van der Waals surface area contributed by atoms with Crippen LogP contribution in [0.3, 0.4) is 0 Å². The number of hydrogen-bond acceptors (Lipinski definition) is 4. The molecular formula is C19H29N3O3. The minimum Gasteiger partial charge on any atom is -0.479 e. The average Bonchev–Trinajstić information content (AvgIpc) is 2.55. The van der Waals surface area contributed by atoms with Crippen LogP contribution in [0.15, 0.2) is 24.3 Å². The summed E-state index contributed by atoms with van der Waals surface area (Å²) >= 11 is 0. The zero-order valence-electron chi connectivity index (χ0n) is 15.8. The molecule has 1 unspecified atom stereocenters. The van der Waals surface area contributed by atoms with Gasteiger partial charge in [-0.2, -0.15) is 0 Å². The van der Waals surface area contributed by atoms with Crippen LogP contribution in [0.25, 0.3) is 0 Å². The highest BCUT2D eigenvalue weighted by Crippen LogP contribution is 2.33. The van der Waals surface area contributed by atoms with Crippen molar-refractivity contribution >= 4 is 17.5 Å². The number of amides is 2. The third-order valence-corrected chi connectivity index (χ3v) is 4.39. The van der Waals surface area contributed by atoms with Crippen molar-refractivity contribution in [3.05, 3.63) is 24.3 Å². The Labute approximate surface area is 150 Å². The van der Waals surface area contributed by atoms with E-state index >= 15 is 0 Å². The SMILES string of the molecule is CC1Oc2ccccc2N(CC(=O)NCCN(C(C)C)C(C)C)C1=O. The minimum atomic E-state index is -0.583. The largest absolute Gasteiger partial charge is 0.479 e. The Balaban J connectivity index is 1.95. The molecule has 1 N–H and O–H groups in total. The average molecular weight is 347 g/mol. The molecule has 0 saturated heterocycles. The summed E-state index contributed by atoms with van der Waals surface area (Å²) in [6, 6.07) is 8.14. The lowest BCUT2D eigenvalue weighted by Crippen LogP contribution is -2.50. The summed E-state index contributed by atoms with van der Waals surface area (Å²) < 4.78 is 5.59.